The standard InChI is InChI=1S/C23H19BrN4O2S/c24-18-11-4-5-12-19(18)27-21(29)14-20-22(30)28(15-17-10-6-7-13-25-17)23(31-20)26-16-8-2-1-3-9-16/h1-13,20H,14-15H2,(H,27,29). The third-order valence-corrected chi connectivity index (χ3v) is 6.43. The van der Waals surface area contributed by atoms with Gasteiger partial charge in [-0.3, -0.25) is 19.5 Å². The van der Waals surface area contributed by atoms with Gasteiger partial charge in [-0.2, -0.15) is 0 Å². The van der Waals surface area contributed by atoms with E-state index in [1.54, 1.807) is 17.2 Å². The molecule has 1 unspecified atom stereocenters. The number of aliphatic imine (C=N–C) groups is 1. The highest BCUT2D eigenvalue weighted by Crippen LogP contribution is 2.33. The number of halogens is 1. The Kier molecular flexibility index (Phi) is 6.79. The van der Waals surface area contributed by atoms with E-state index in [1.165, 1.54) is 11.8 Å². The maximum absolute atomic E-state index is 13.2. The Labute approximate surface area is 192 Å². The van der Waals surface area contributed by atoms with Gasteiger partial charge in [-0.1, -0.05) is 48.2 Å². The number of amides is 2. The lowest BCUT2D eigenvalue weighted by Crippen LogP contribution is -2.33. The van der Waals surface area contributed by atoms with Crippen LogP contribution in [0.4, 0.5) is 11.4 Å². The SMILES string of the molecule is O=C(CC1SC(=Nc2ccccc2)N(Cc2ccccn2)C1=O)Nc1ccccc1Br. The van der Waals surface area contributed by atoms with Gasteiger partial charge in [0.1, 0.15) is 5.25 Å². The lowest BCUT2D eigenvalue weighted by atomic mass is 10.2. The highest BCUT2D eigenvalue weighted by Gasteiger charge is 2.39. The Morgan fingerprint density at radius 3 is 2.55 bits per heavy atom. The second-order valence-electron chi connectivity index (χ2n) is 6.81. The molecule has 8 heteroatoms. The van der Waals surface area contributed by atoms with E-state index >= 15 is 0 Å². The van der Waals surface area contributed by atoms with Gasteiger partial charge < -0.3 is 5.32 Å². The Hall–Kier alpha value is -2.97. The molecule has 1 N–H and O–H groups in total. The van der Waals surface area contributed by atoms with Crippen molar-refractivity contribution in [3.8, 4) is 0 Å². The van der Waals surface area contributed by atoms with E-state index < -0.39 is 5.25 Å². The number of carbonyl (C=O) groups excluding carboxylic acids is 2. The van der Waals surface area contributed by atoms with E-state index in [0.29, 0.717) is 17.4 Å². The normalized spacial score (nSPS) is 17.2. The number of nitrogens with zero attached hydrogens (tertiary/aromatic N) is 3. The van der Waals surface area contributed by atoms with Crippen LogP contribution in [-0.2, 0) is 16.1 Å². The third-order valence-electron chi connectivity index (χ3n) is 4.57. The highest BCUT2D eigenvalue weighted by molar-refractivity contribution is 9.10. The molecule has 2 amide bonds. The number of hydrogen-bond donors (Lipinski definition) is 1. The molecule has 0 bridgehead atoms. The molecule has 1 aromatic heterocycles. The summed E-state index contributed by atoms with van der Waals surface area (Å²) in [5.74, 6) is -0.371. The molecule has 2 heterocycles. The summed E-state index contributed by atoms with van der Waals surface area (Å²) in [6.07, 6.45) is 1.75. The van der Waals surface area contributed by atoms with Gasteiger partial charge in [0.2, 0.25) is 11.8 Å². The number of hydrogen-bond acceptors (Lipinski definition) is 5. The fourth-order valence-electron chi connectivity index (χ4n) is 3.07. The van der Waals surface area contributed by atoms with Crippen LogP contribution in [0.25, 0.3) is 0 Å². The fourth-order valence-corrected chi connectivity index (χ4v) is 4.61. The average molecular weight is 495 g/mol. The minimum absolute atomic E-state index is 0.0529. The topological polar surface area (TPSA) is 74.7 Å². The summed E-state index contributed by atoms with van der Waals surface area (Å²) in [6.45, 7) is 0.306. The van der Waals surface area contributed by atoms with Crippen molar-refractivity contribution in [3.63, 3.8) is 0 Å². The van der Waals surface area contributed by atoms with E-state index in [1.807, 2.05) is 66.7 Å². The van der Waals surface area contributed by atoms with Crippen molar-refractivity contribution in [1.29, 1.82) is 0 Å². The fraction of sp³-hybridized carbons (Fsp3) is 0.130. The lowest BCUT2D eigenvalue weighted by Gasteiger charge is -2.16. The summed E-state index contributed by atoms with van der Waals surface area (Å²) in [7, 11) is 0. The van der Waals surface area contributed by atoms with Crippen LogP contribution in [0.3, 0.4) is 0 Å². The van der Waals surface area contributed by atoms with Crippen molar-refractivity contribution in [1.82, 2.24) is 9.88 Å². The van der Waals surface area contributed by atoms with E-state index in [2.05, 4.69) is 31.2 Å². The van der Waals surface area contributed by atoms with Gasteiger partial charge in [0.25, 0.3) is 0 Å². The zero-order chi connectivity index (χ0) is 21.6. The Morgan fingerprint density at radius 2 is 1.81 bits per heavy atom. The molecule has 2 aromatic carbocycles. The van der Waals surface area contributed by atoms with E-state index in [9.17, 15) is 9.59 Å². The molecule has 31 heavy (non-hydrogen) atoms. The van der Waals surface area contributed by atoms with Gasteiger partial charge >= 0.3 is 0 Å². The highest BCUT2D eigenvalue weighted by atomic mass is 79.9. The summed E-state index contributed by atoms with van der Waals surface area (Å²) in [5.41, 5.74) is 2.18. The molecular formula is C23H19BrN4O2S. The second kappa shape index (κ2) is 9.89. The molecule has 1 atom stereocenters. The number of amidine groups is 1. The van der Waals surface area contributed by atoms with Gasteiger partial charge in [0, 0.05) is 17.1 Å². The monoisotopic (exact) mass is 494 g/mol. The second-order valence-corrected chi connectivity index (χ2v) is 8.84. The number of carbonyl (C=O) groups is 2. The summed E-state index contributed by atoms with van der Waals surface area (Å²) in [6, 6.07) is 22.4. The van der Waals surface area contributed by atoms with Crippen LogP contribution in [0, 0.1) is 0 Å². The minimum atomic E-state index is -0.548. The lowest BCUT2D eigenvalue weighted by molar-refractivity contribution is -0.128. The number of anilines is 1. The maximum atomic E-state index is 13.2. The first kappa shape index (κ1) is 21.3. The Bertz CT molecular complexity index is 1110. The average Bonchev–Trinajstić information content (AvgIpc) is 3.05. The van der Waals surface area contributed by atoms with Crippen molar-refractivity contribution < 1.29 is 9.59 Å². The van der Waals surface area contributed by atoms with E-state index in [0.717, 1.165) is 15.9 Å². The Balaban J connectivity index is 1.53. The van der Waals surface area contributed by atoms with Crippen molar-refractivity contribution >= 4 is 56.0 Å². The van der Waals surface area contributed by atoms with Crippen molar-refractivity contribution in [2.24, 2.45) is 4.99 Å². The van der Waals surface area contributed by atoms with Crippen LogP contribution in [-0.4, -0.2) is 32.1 Å². The quantitative estimate of drug-likeness (QED) is 0.522. The predicted octanol–water partition coefficient (Wildman–Crippen LogP) is 5.00. The number of aromatic nitrogens is 1. The molecule has 1 fully saturated rings. The smallest absolute Gasteiger partial charge is 0.243 e. The van der Waals surface area contributed by atoms with Crippen molar-refractivity contribution in [2.75, 3.05) is 5.32 Å². The number of benzene rings is 2. The molecule has 4 rings (SSSR count). The summed E-state index contributed by atoms with van der Waals surface area (Å²) in [5, 5.41) is 2.89. The van der Waals surface area contributed by atoms with Crippen LogP contribution in [0.1, 0.15) is 12.1 Å². The number of pyridine rings is 1. The molecule has 0 aliphatic carbocycles. The van der Waals surface area contributed by atoms with Crippen molar-refractivity contribution in [2.45, 2.75) is 18.2 Å². The number of thioether (sulfide) groups is 1. The number of nitrogens with one attached hydrogen (secondary N) is 1. The van der Waals surface area contributed by atoms with Gasteiger partial charge in [-0.05, 0) is 52.3 Å². The molecule has 6 nitrogen and oxygen atoms in total. The van der Waals surface area contributed by atoms with Crippen LogP contribution in [0.15, 0.2) is 88.5 Å². The van der Waals surface area contributed by atoms with Crippen LogP contribution >= 0.6 is 27.7 Å². The molecule has 156 valence electrons. The van der Waals surface area contributed by atoms with Gasteiger partial charge in [-0.15, -0.1) is 0 Å². The van der Waals surface area contributed by atoms with Gasteiger partial charge in [0.05, 0.1) is 23.6 Å². The van der Waals surface area contributed by atoms with Gasteiger partial charge in [0.15, 0.2) is 5.17 Å². The number of para-hydroxylation sites is 2. The predicted molar refractivity (Wildman–Crippen MR) is 127 cm³/mol. The first-order valence-corrected chi connectivity index (χ1v) is 11.3. The number of rotatable bonds is 6. The van der Waals surface area contributed by atoms with Crippen LogP contribution in [0.2, 0.25) is 0 Å². The molecule has 0 spiro atoms. The zero-order valence-electron chi connectivity index (χ0n) is 16.4. The first-order valence-electron chi connectivity index (χ1n) is 9.66. The molecule has 3 aromatic rings. The molecule has 0 radical (unpaired) electrons. The van der Waals surface area contributed by atoms with E-state index in [-0.39, 0.29) is 18.2 Å². The first-order chi connectivity index (χ1) is 15.1. The largest absolute Gasteiger partial charge is 0.325 e. The zero-order valence-corrected chi connectivity index (χ0v) is 18.8. The molecule has 1 aliphatic rings. The third kappa shape index (κ3) is 5.39. The summed E-state index contributed by atoms with van der Waals surface area (Å²) in [4.78, 5) is 36.4. The van der Waals surface area contributed by atoms with Crippen molar-refractivity contribution in [3.05, 3.63) is 89.2 Å². The molecular weight excluding hydrogens is 476 g/mol. The van der Waals surface area contributed by atoms with E-state index in [4.69, 9.17) is 0 Å². The molecule has 0 saturated carbocycles. The molecule has 1 aliphatic heterocycles. The van der Waals surface area contributed by atoms with Gasteiger partial charge in [-0.25, -0.2) is 4.99 Å². The summed E-state index contributed by atoms with van der Waals surface area (Å²) >= 11 is 4.73. The van der Waals surface area contributed by atoms with Crippen LogP contribution < -0.4 is 5.32 Å². The molecule has 1 saturated heterocycles. The Morgan fingerprint density at radius 1 is 1.06 bits per heavy atom. The van der Waals surface area contributed by atoms with Crippen LogP contribution in [0.5, 0.6) is 0 Å². The summed E-state index contributed by atoms with van der Waals surface area (Å²) < 4.78 is 0.789. The minimum Gasteiger partial charge on any atom is -0.325 e. The maximum Gasteiger partial charge on any atom is 0.243 e.